The molecule has 0 aliphatic heterocycles. The molecule has 1 nitrogen and oxygen atoms in total. The zero-order chi connectivity index (χ0) is 10.1. The summed E-state index contributed by atoms with van der Waals surface area (Å²) in [7, 11) is 1.98. The quantitative estimate of drug-likeness (QED) is 0.536. The number of hydrogen-bond acceptors (Lipinski definition) is 1. The van der Waals surface area contributed by atoms with Gasteiger partial charge in [-0.25, -0.2) is 0 Å². The first-order valence-corrected chi connectivity index (χ1v) is 5.27. The molecule has 1 aromatic carbocycles. The van der Waals surface area contributed by atoms with Gasteiger partial charge in [0.2, 0.25) is 0 Å². The average molecular weight is 189 g/mol. The molecule has 0 amide bonds. The van der Waals surface area contributed by atoms with Crippen LogP contribution >= 0.6 is 0 Å². The Bertz CT molecular complexity index is 251. The van der Waals surface area contributed by atoms with Crippen LogP contribution in [-0.4, -0.2) is 13.6 Å². The Hall–Kier alpha value is -1.08. The molecule has 0 aliphatic carbocycles. The third-order valence-electron chi connectivity index (χ3n) is 2.17. The zero-order valence-electron chi connectivity index (χ0n) is 8.87. The van der Waals surface area contributed by atoms with Gasteiger partial charge in [0, 0.05) is 0 Å². The molecule has 0 spiro atoms. The second-order valence-electron chi connectivity index (χ2n) is 3.39. The summed E-state index contributed by atoms with van der Waals surface area (Å²) < 4.78 is 0. The van der Waals surface area contributed by atoms with Crippen LogP contribution in [0, 0.1) is 0 Å². The van der Waals surface area contributed by atoms with Crippen LogP contribution in [0.2, 0.25) is 0 Å². The van der Waals surface area contributed by atoms with Crippen LogP contribution in [0.5, 0.6) is 0 Å². The molecular formula is C13H19N. The molecule has 1 aromatic rings. The van der Waals surface area contributed by atoms with Crippen LogP contribution in [0.3, 0.4) is 0 Å². The lowest BCUT2D eigenvalue weighted by atomic mass is 10.1. The number of aryl methyl sites for hydroxylation is 1. The molecule has 0 saturated heterocycles. The SMILES string of the molecule is CNCCC=CCCc1ccccc1. The van der Waals surface area contributed by atoms with Gasteiger partial charge in [-0.2, -0.15) is 0 Å². The van der Waals surface area contributed by atoms with Gasteiger partial charge in [-0.15, -0.1) is 0 Å². The van der Waals surface area contributed by atoms with Gasteiger partial charge in [-0.3, -0.25) is 0 Å². The van der Waals surface area contributed by atoms with E-state index in [0.29, 0.717) is 0 Å². The third kappa shape index (κ3) is 4.83. The smallest absolute Gasteiger partial charge is 0.00173 e. The van der Waals surface area contributed by atoms with Crippen LogP contribution in [0.1, 0.15) is 18.4 Å². The van der Waals surface area contributed by atoms with E-state index in [1.165, 1.54) is 5.56 Å². The predicted octanol–water partition coefficient (Wildman–Crippen LogP) is 2.78. The second kappa shape index (κ2) is 7.34. The Morgan fingerprint density at radius 2 is 1.79 bits per heavy atom. The van der Waals surface area contributed by atoms with Crippen molar-refractivity contribution in [3.63, 3.8) is 0 Å². The average Bonchev–Trinajstić information content (AvgIpc) is 2.25. The van der Waals surface area contributed by atoms with Crippen molar-refractivity contribution in [3.05, 3.63) is 48.0 Å². The summed E-state index contributed by atoms with van der Waals surface area (Å²) in [4.78, 5) is 0. The van der Waals surface area contributed by atoms with E-state index in [1.807, 2.05) is 7.05 Å². The van der Waals surface area contributed by atoms with Crippen molar-refractivity contribution in [3.8, 4) is 0 Å². The molecule has 0 atom stereocenters. The van der Waals surface area contributed by atoms with Crippen molar-refractivity contribution in [2.45, 2.75) is 19.3 Å². The van der Waals surface area contributed by atoms with E-state index in [1.54, 1.807) is 0 Å². The van der Waals surface area contributed by atoms with Crippen LogP contribution in [0.4, 0.5) is 0 Å². The van der Waals surface area contributed by atoms with Gasteiger partial charge in [-0.05, 0) is 38.4 Å². The highest BCUT2D eigenvalue weighted by atomic mass is 14.8. The Labute approximate surface area is 86.8 Å². The number of nitrogens with one attached hydrogen (secondary N) is 1. The summed E-state index contributed by atoms with van der Waals surface area (Å²) in [5.41, 5.74) is 1.42. The molecule has 14 heavy (non-hydrogen) atoms. The first kappa shape index (κ1) is 11.0. The molecule has 0 fully saturated rings. The lowest BCUT2D eigenvalue weighted by Gasteiger charge is -1.96. The van der Waals surface area contributed by atoms with Gasteiger partial charge >= 0.3 is 0 Å². The van der Waals surface area contributed by atoms with E-state index in [2.05, 4.69) is 47.8 Å². The largest absolute Gasteiger partial charge is 0.319 e. The first-order valence-electron chi connectivity index (χ1n) is 5.27. The standard InChI is InChI=1S/C13H19N/c1-14-12-8-3-2-5-9-13-10-6-4-7-11-13/h2-4,6-7,10-11,14H,5,8-9,12H2,1H3. The molecule has 0 aliphatic rings. The topological polar surface area (TPSA) is 12.0 Å². The number of benzene rings is 1. The van der Waals surface area contributed by atoms with Gasteiger partial charge < -0.3 is 5.32 Å². The summed E-state index contributed by atoms with van der Waals surface area (Å²) >= 11 is 0. The monoisotopic (exact) mass is 189 g/mol. The van der Waals surface area contributed by atoms with Crippen LogP contribution in [-0.2, 0) is 6.42 Å². The van der Waals surface area contributed by atoms with E-state index in [-0.39, 0.29) is 0 Å². The minimum absolute atomic E-state index is 1.07. The normalized spacial score (nSPS) is 10.9. The summed E-state index contributed by atoms with van der Waals surface area (Å²) in [5, 5.41) is 3.13. The Morgan fingerprint density at radius 1 is 1.07 bits per heavy atom. The highest BCUT2D eigenvalue weighted by Gasteiger charge is 1.87. The van der Waals surface area contributed by atoms with Gasteiger partial charge in [0.25, 0.3) is 0 Å². The van der Waals surface area contributed by atoms with E-state index >= 15 is 0 Å². The van der Waals surface area contributed by atoms with Crippen molar-refractivity contribution >= 4 is 0 Å². The minimum atomic E-state index is 1.07. The van der Waals surface area contributed by atoms with Crippen molar-refractivity contribution in [2.75, 3.05) is 13.6 Å². The van der Waals surface area contributed by atoms with Gasteiger partial charge in [0.15, 0.2) is 0 Å². The molecule has 0 aromatic heterocycles. The molecular weight excluding hydrogens is 170 g/mol. The molecule has 1 N–H and O–H groups in total. The number of hydrogen-bond donors (Lipinski definition) is 1. The lowest BCUT2D eigenvalue weighted by molar-refractivity contribution is 0.805. The Morgan fingerprint density at radius 3 is 2.50 bits per heavy atom. The van der Waals surface area contributed by atoms with Crippen molar-refractivity contribution < 1.29 is 0 Å². The van der Waals surface area contributed by atoms with Crippen molar-refractivity contribution in [1.29, 1.82) is 0 Å². The van der Waals surface area contributed by atoms with E-state index in [0.717, 1.165) is 25.8 Å². The number of allylic oxidation sites excluding steroid dienone is 1. The molecule has 0 heterocycles. The Kier molecular flexibility index (Phi) is 5.76. The maximum absolute atomic E-state index is 3.13. The van der Waals surface area contributed by atoms with E-state index in [9.17, 15) is 0 Å². The molecule has 1 heteroatoms. The Balaban J connectivity index is 2.12. The van der Waals surface area contributed by atoms with E-state index in [4.69, 9.17) is 0 Å². The van der Waals surface area contributed by atoms with Gasteiger partial charge in [0.1, 0.15) is 0 Å². The zero-order valence-corrected chi connectivity index (χ0v) is 8.87. The highest BCUT2D eigenvalue weighted by Crippen LogP contribution is 2.02. The predicted molar refractivity (Wildman–Crippen MR) is 62.4 cm³/mol. The van der Waals surface area contributed by atoms with Crippen LogP contribution < -0.4 is 5.32 Å². The second-order valence-corrected chi connectivity index (χ2v) is 3.39. The summed E-state index contributed by atoms with van der Waals surface area (Å²) in [6.45, 7) is 1.07. The fourth-order valence-corrected chi connectivity index (χ4v) is 1.36. The fraction of sp³-hybridized carbons (Fsp3) is 0.385. The molecule has 0 radical (unpaired) electrons. The molecule has 0 unspecified atom stereocenters. The lowest BCUT2D eigenvalue weighted by Crippen LogP contribution is -2.05. The van der Waals surface area contributed by atoms with Gasteiger partial charge in [0.05, 0.1) is 0 Å². The van der Waals surface area contributed by atoms with Crippen molar-refractivity contribution in [2.24, 2.45) is 0 Å². The van der Waals surface area contributed by atoms with Crippen LogP contribution in [0.15, 0.2) is 42.5 Å². The molecule has 1 rings (SSSR count). The summed E-state index contributed by atoms with van der Waals surface area (Å²) in [6, 6.07) is 10.6. The van der Waals surface area contributed by atoms with Crippen LogP contribution in [0.25, 0.3) is 0 Å². The van der Waals surface area contributed by atoms with Crippen molar-refractivity contribution in [1.82, 2.24) is 5.32 Å². The summed E-state index contributed by atoms with van der Waals surface area (Å²) in [6.07, 6.45) is 7.94. The van der Waals surface area contributed by atoms with E-state index < -0.39 is 0 Å². The summed E-state index contributed by atoms with van der Waals surface area (Å²) in [5.74, 6) is 0. The minimum Gasteiger partial charge on any atom is -0.319 e. The highest BCUT2D eigenvalue weighted by molar-refractivity contribution is 5.15. The third-order valence-corrected chi connectivity index (χ3v) is 2.17. The fourth-order valence-electron chi connectivity index (χ4n) is 1.36. The van der Waals surface area contributed by atoms with Gasteiger partial charge in [-0.1, -0.05) is 42.5 Å². The maximum Gasteiger partial charge on any atom is -0.00173 e. The maximum atomic E-state index is 3.13. The molecule has 0 saturated carbocycles. The molecule has 0 bridgehead atoms. The first-order chi connectivity index (χ1) is 6.93. The molecule has 76 valence electrons. The number of rotatable bonds is 6.